The van der Waals surface area contributed by atoms with Gasteiger partial charge in [-0.05, 0) is 36.5 Å². The van der Waals surface area contributed by atoms with Gasteiger partial charge < -0.3 is 14.7 Å². The molecule has 1 aliphatic heterocycles. The summed E-state index contributed by atoms with van der Waals surface area (Å²) in [6, 6.07) is 8.29. The van der Waals surface area contributed by atoms with Gasteiger partial charge in [0.25, 0.3) is 0 Å². The van der Waals surface area contributed by atoms with Crippen LogP contribution in [0.25, 0.3) is 0 Å². The minimum absolute atomic E-state index is 0.128. The zero-order valence-corrected chi connectivity index (χ0v) is 14.6. The molecule has 3 rings (SSSR count). The number of hydrogen-bond donors (Lipinski definition) is 1. The van der Waals surface area contributed by atoms with Gasteiger partial charge >= 0.3 is 0 Å². The van der Waals surface area contributed by atoms with Crippen molar-refractivity contribution in [3.63, 3.8) is 0 Å². The van der Waals surface area contributed by atoms with Crippen LogP contribution in [-0.4, -0.2) is 66.8 Å². The van der Waals surface area contributed by atoms with E-state index in [4.69, 9.17) is 4.74 Å². The third-order valence-electron chi connectivity index (χ3n) is 5.45. The Hall–Kier alpha value is -1.59. The molecule has 1 aliphatic carbocycles. The second-order valence-electron chi connectivity index (χ2n) is 6.83. The number of ether oxygens (including phenoxy) is 1. The highest BCUT2D eigenvalue weighted by molar-refractivity contribution is 5.83. The van der Waals surface area contributed by atoms with Crippen LogP contribution >= 0.6 is 0 Å². The molecule has 0 aromatic heterocycles. The van der Waals surface area contributed by atoms with Crippen molar-refractivity contribution in [2.24, 2.45) is 5.92 Å². The molecule has 0 spiro atoms. The molecule has 3 atom stereocenters. The first-order valence-corrected chi connectivity index (χ1v) is 8.95. The Bertz CT molecular complexity index is 565. The van der Waals surface area contributed by atoms with Gasteiger partial charge in [0, 0.05) is 38.1 Å². The molecule has 1 saturated heterocycles. The van der Waals surface area contributed by atoms with Crippen molar-refractivity contribution < 1.29 is 14.6 Å². The maximum atomic E-state index is 12.7. The van der Waals surface area contributed by atoms with Crippen LogP contribution in [-0.2, 0) is 4.79 Å². The number of aliphatic hydroxyl groups is 1. The second-order valence-corrected chi connectivity index (χ2v) is 6.83. The normalized spacial score (nSPS) is 25.4. The van der Waals surface area contributed by atoms with Crippen LogP contribution in [0.3, 0.4) is 0 Å². The van der Waals surface area contributed by atoms with E-state index < -0.39 is 0 Å². The van der Waals surface area contributed by atoms with Crippen molar-refractivity contribution in [3.8, 4) is 5.75 Å². The number of hydrogen-bond acceptors (Lipinski definition) is 4. The summed E-state index contributed by atoms with van der Waals surface area (Å²) in [6.45, 7) is 5.57. The fourth-order valence-electron chi connectivity index (χ4n) is 3.75. The number of amides is 1. The summed E-state index contributed by atoms with van der Waals surface area (Å²) in [5.74, 6) is 1.61. The quantitative estimate of drug-likeness (QED) is 0.862. The van der Waals surface area contributed by atoms with Gasteiger partial charge in [-0.15, -0.1) is 0 Å². The number of piperazine rings is 1. The highest BCUT2D eigenvalue weighted by atomic mass is 16.5. The molecule has 0 radical (unpaired) electrons. The largest absolute Gasteiger partial charge is 0.497 e. The molecule has 1 amide bonds. The highest BCUT2D eigenvalue weighted by Gasteiger charge is 2.46. The van der Waals surface area contributed by atoms with Crippen LogP contribution in [0.5, 0.6) is 5.75 Å². The summed E-state index contributed by atoms with van der Waals surface area (Å²) in [4.78, 5) is 17.0. The Morgan fingerprint density at radius 1 is 1.33 bits per heavy atom. The van der Waals surface area contributed by atoms with Gasteiger partial charge in [-0.1, -0.05) is 19.1 Å². The third kappa shape index (κ3) is 3.57. The molecule has 1 N–H and O–H groups in total. The minimum Gasteiger partial charge on any atom is -0.497 e. The number of methoxy groups -OCH3 is 1. The average molecular weight is 332 g/mol. The van der Waals surface area contributed by atoms with E-state index in [1.165, 1.54) is 5.56 Å². The van der Waals surface area contributed by atoms with E-state index in [-0.39, 0.29) is 18.6 Å². The predicted molar refractivity (Wildman–Crippen MR) is 93.2 cm³/mol. The monoisotopic (exact) mass is 332 g/mol. The zero-order chi connectivity index (χ0) is 17.1. The SMILES string of the molecule is CCC(CO)N1CCN(C(=O)C2CC2c2cccc(OC)c2)CC1. The fraction of sp³-hybridized carbons (Fsp3) is 0.632. The summed E-state index contributed by atoms with van der Waals surface area (Å²) in [5, 5.41) is 9.42. The maximum Gasteiger partial charge on any atom is 0.226 e. The van der Waals surface area contributed by atoms with Crippen LogP contribution in [0.4, 0.5) is 0 Å². The summed E-state index contributed by atoms with van der Waals surface area (Å²) in [6.07, 6.45) is 1.89. The first-order valence-electron chi connectivity index (χ1n) is 8.95. The minimum atomic E-state index is 0.128. The smallest absolute Gasteiger partial charge is 0.226 e. The van der Waals surface area contributed by atoms with Crippen molar-refractivity contribution in [1.29, 1.82) is 0 Å². The molecular weight excluding hydrogens is 304 g/mol. The topological polar surface area (TPSA) is 53.0 Å². The first kappa shape index (κ1) is 17.2. The van der Waals surface area contributed by atoms with Crippen LogP contribution < -0.4 is 4.74 Å². The first-order chi connectivity index (χ1) is 11.7. The highest BCUT2D eigenvalue weighted by Crippen LogP contribution is 2.49. The average Bonchev–Trinajstić information content (AvgIpc) is 3.43. The second kappa shape index (κ2) is 7.53. The molecular formula is C19H28N2O3. The van der Waals surface area contributed by atoms with Gasteiger partial charge in [0.05, 0.1) is 13.7 Å². The lowest BCUT2D eigenvalue weighted by molar-refractivity contribution is -0.134. The molecule has 3 unspecified atom stereocenters. The molecule has 5 heteroatoms. The summed E-state index contributed by atoms with van der Waals surface area (Å²) in [7, 11) is 1.67. The van der Waals surface area contributed by atoms with Gasteiger partial charge in [0.15, 0.2) is 0 Å². The lowest BCUT2D eigenvalue weighted by Gasteiger charge is -2.38. The molecule has 1 heterocycles. The van der Waals surface area contributed by atoms with Crippen LogP contribution in [0.1, 0.15) is 31.2 Å². The molecule has 1 aromatic carbocycles. The Kier molecular flexibility index (Phi) is 5.41. The summed E-state index contributed by atoms with van der Waals surface area (Å²) < 4.78 is 5.28. The lowest BCUT2D eigenvalue weighted by atomic mass is 10.1. The number of rotatable bonds is 6. The molecule has 5 nitrogen and oxygen atoms in total. The number of carbonyl (C=O) groups excluding carboxylic acids is 1. The van der Waals surface area contributed by atoms with Gasteiger partial charge in [0.2, 0.25) is 5.91 Å². The van der Waals surface area contributed by atoms with Crippen molar-refractivity contribution in [2.45, 2.75) is 31.7 Å². The zero-order valence-electron chi connectivity index (χ0n) is 14.6. The van der Waals surface area contributed by atoms with E-state index in [0.717, 1.165) is 44.8 Å². The summed E-state index contributed by atoms with van der Waals surface area (Å²) >= 11 is 0. The van der Waals surface area contributed by atoms with Crippen LogP contribution in [0.2, 0.25) is 0 Å². The van der Waals surface area contributed by atoms with Crippen molar-refractivity contribution in [1.82, 2.24) is 9.80 Å². The van der Waals surface area contributed by atoms with E-state index in [2.05, 4.69) is 17.9 Å². The Labute approximate surface area is 144 Å². The van der Waals surface area contributed by atoms with Crippen LogP contribution in [0, 0.1) is 5.92 Å². The lowest BCUT2D eigenvalue weighted by Crippen LogP contribution is -2.53. The number of nitrogens with zero attached hydrogens (tertiary/aromatic N) is 2. The Morgan fingerprint density at radius 2 is 2.08 bits per heavy atom. The van der Waals surface area contributed by atoms with Gasteiger partial charge in [-0.25, -0.2) is 0 Å². The molecule has 2 fully saturated rings. The van der Waals surface area contributed by atoms with Crippen molar-refractivity contribution in [2.75, 3.05) is 39.9 Å². The van der Waals surface area contributed by atoms with Gasteiger partial charge in [-0.3, -0.25) is 9.69 Å². The third-order valence-corrected chi connectivity index (χ3v) is 5.45. The molecule has 0 bridgehead atoms. The van der Waals surface area contributed by atoms with E-state index in [9.17, 15) is 9.90 Å². The Balaban J connectivity index is 1.53. The maximum absolute atomic E-state index is 12.7. The molecule has 132 valence electrons. The standard InChI is InChI=1S/C19H28N2O3/c1-3-15(13-22)20-7-9-21(10-8-20)19(23)18-12-17(18)14-5-4-6-16(11-14)24-2/h4-6,11,15,17-18,22H,3,7-10,12-13H2,1-2H3. The van der Waals surface area contributed by atoms with Crippen molar-refractivity contribution in [3.05, 3.63) is 29.8 Å². The molecule has 1 aromatic rings. The van der Waals surface area contributed by atoms with E-state index in [1.54, 1.807) is 7.11 Å². The Morgan fingerprint density at radius 3 is 2.71 bits per heavy atom. The van der Waals surface area contributed by atoms with E-state index in [1.807, 2.05) is 23.1 Å². The van der Waals surface area contributed by atoms with Crippen molar-refractivity contribution >= 4 is 5.91 Å². The van der Waals surface area contributed by atoms with E-state index >= 15 is 0 Å². The molecule has 1 saturated carbocycles. The van der Waals surface area contributed by atoms with Gasteiger partial charge in [-0.2, -0.15) is 0 Å². The molecule has 2 aliphatic rings. The molecule has 24 heavy (non-hydrogen) atoms. The van der Waals surface area contributed by atoms with Gasteiger partial charge in [0.1, 0.15) is 5.75 Å². The van der Waals surface area contributed by atoms with E-state index in [0.29, 0.717) is 11.8 Å². The number of benzene rings is 1. The fourth-order valence-corrected chi connectivity index (χ4v) is 3.75. The number of carbonyl (C=O) groups is 1. The number of aliphatic hydroxyl groups excluding tert-OH is 1. The predicted octanol–water partition coefficient (Wildman–Crippen LogP) is 1.71. The summed E-state index contributed by atoms with van der Waals surface area (Å²) in [5.41, 5.74) is 1.21. The van der Waals surface area contributed by atoms with Crippen LogP contribution in [0.15, 0.2) is 24.3 Å².